The Morgan fingerprint density at radius 3 is 2.56 bits per heavy atom. The number of nitrogens with zero attached hydrogens (tertiary/aromatic N) is 4. The molecule has 0 aliphatic heterocycles. The molecule has 5 nitrogen and oxygen atoms in total. The molecule has 0 atom stereocenters. The summed E-state index contributed by atoms with van der Waals surface area (Å²) >= 11 is 0. The first-order valence-electron chi connectivity index (χ1n) is 5.10. The smallest absolute Gasteiger partial charge is 0.204 e. The SMILES string of the molecule is CC(C)(O)Cn1nnc(-c2ccccc2)n1. The van der Waals surface area contributed by atoms with Crippen molar-refractivity contribution in [3.63, 3.8) is 0 Å². The maximum absolute atomic E-state index is 9.62. The molecule has 0 aliphatic carbocycles. The van der Waals surface area contributed by atoms with Crippen molar-refractivity contribution in [1.82, 2.24) is 20.2 Å². The first-order valence-corrected chi connectivity index (χ1v) is 5.10. The van der Waals surface area contributed by atoms with E-state index in [-0.39, 0.29) is 0 Å². The molecular weight excluding hydrogens is 204 g/mol. The van der Waals surface area contributed by atoms with Gasteiger partial charge in [-0.1, -0.05) is 30.3 Å². The zero-order valence-electron chi connectivity index (χ0n) is 9.33. The highest BCUT2D eigenvalue weighted by Crippen LogP contribution is 2.12. The lowest BCUT2D eigenvalue weighted by atomic mass is 10.1. The van der Waals surface area contributed by atoms with Crippen molar-refractivity contribution in [3.05, 3.63) is 30.3 Å². The molecule has 0 fully saturated rings. The van der Waals surface area contributed by atoms with E-state index in [1.165, 1.54) is 4.80 Å². The fourth-order valence-electron chi connectivity index (χ4n) is 1.36. The van der Waals surface area contributed by atoms with Crippen LogP contribution >= 0.6 is 0 Å². The van der Waals surface area contributed by atoms with Gasteiger partial charge >= 0.3 is 0 Å². The molecule has 5 heteroatoms. The van der Waals surface area contributed by atoms with Crippen LogP contribution in [-0.4, -0.2) is 30.9 Å². The number of aromatic nitrogens is 4. The highest BCUT2D eigenvalue weighted by atomic mass is 16.3. The van der Waals surface area contributed by atoms with E-state index in [0.29, 0.717) is 12.4 Å². The normalized spacial score (nSPS) is 11.7. The molecule has 0 radical (unpaired) electrons. The predicted octanol–water partition coefficient (Wildman–Crippen LogP) is 1.11. The van der Waals surface area contributed by atoms with Crippen molar-refractivity contribution in [3.8, 4) is 11.4 Å². The predicted molar refractivity (Wildman–Crippen MR) is 59.6 cm³/mol. The Morgan fingerprint density at radius 2 is 1.94 bits per heavy atom. The van der Waals surface area contributed by atoms with Gasteiger partial charge in [-0.15, -0.1) is 10.2 Å². The molecule has 0 saturated carbocycles. The largest absolute Gasteiger partial charge is 0.388 e. The second-order valence-electron chi connectivity index (χ2n) is 4.32. The minimum absolute atomic E-state index is 0.326. The second-order valence-corrected chi connectivity index (χ2v) is 4.32. The van der Waals surface area contributed by atoms with Gasteiger partial charge in [0.1, 0.15) is 0 Å². The quantitative estimate of drug-likeness (QED) is 0.838. The topological polar surface area (TPSA) is 63.8 Å². The van der Waals surface area contributed by atoms with Gasteiger partial charge in [0.25, 0.3) is 0 Å². The van der Waals surface area contributed by atoms with Crippen LogP contribution in [0.2, 0.25) is 0 Å². The lowest BCUT2D eigenvalue weighted by Crippen LogP contribution is -2.27. The minimum atomic E-state index is -0.839. The minimum Gasteiger partial charge on any atom is -0.388 e. The number of aliphatic hydroxyl groups is 1. The fraction of sp³-hybridized carbons (Fsp3) is 0.364. The van der Waals surface area contributed by atoms with Gasteiger partial charge in [-0.05, 0) is 19.1 Å². The van der Waals surface area contributed by atoms with E-state index in [0.717, 1.165) is 5.56 Å². The van der Waals surface area contributed by atoms with Crippen LogP contribution in [0, 0.1) is 0 Å². The summed E-state index contributed by atoms with van der Waals surface area (Å²) in [4.78, 5) is 1.41. The average molecular weight is 218 g/mol. The average Bonchev–Trinajstić information content (AvgIpc) is 2.65. The Balaban J connectivity index is 2.21. The van der Waals surface area contributed by atoms with Crippen LogP contribution in [0.1, 0.15) is 13.8 Å². The third kappa shape index (κ3) is 2.64. The Labute approximate surface area is 93.7 Å². The highest BCUT2D eigenvalue weighted by molar-refractivity contribution is 5.52. The third-order valence-corrected chi connectivity index (χ3v) is 2.01. The molecule has 2 rings (SSSR count). The highest BCUT2D eigenvalue weighted by Gasteiger charge is 2.15. The Bertz CT molecular complexity index is 458. The maximum Gasteiger partial charge on any atom is 0.204 e. The number of hydrogen-bond donors (Lipinski definition) is 1. The van der Waals surface area contributed by atoms with Crippen molar-refractivity contribution in [2.24, 2.45) is 0 Å². The summed E-state index contributed by atoms with van der Waals surface area (Å²) in [7, 11) is 0. The van der Waals surface area contributed by atoms with Crippen molar-refractivity contribution >= 4 is 0 Å². The summed E-state index contributed by atoms with van der Waals surface area (Å²) in [6.07, 6.45) is 0. The molecule has 0 unspecified atom stereocenters. The second kappa shape index (κ2) is 4.02. The van der Waals surface area contributed by atoms with E-state index >= 15 is 0 Å². The summed E-state index contributed by atoms with van der Waals surface area (Å²) in [5, 5.41) is 21.7. The van der Waals surface area contributed by atoms with Gasteiger partial charge in [0.2, 0.25) is 5.82 Å². The Hall–Kier alpha value is -1.75. The van der Waals surface area contributed by atoms with Gasteiger partial charge in [0.05, 0.1) is 12.1 Å². The standard InChI is InChI=1S/C11H14N4O/c1-11(2,16)8-15-13-10(12-14-15)9-6-4-3-5-7-9/h3-7,16H,8H2,1-2H3. The number of rotatable bonds is 3. The molecule has 0 aliphatic rings. The van der Waals surface area contributed by atoms with Crippen LogP contribution in [0.15, 0.2) is 30.3 Å². The molecule has 0 saturated heterocycles. The van der Waals surface area contributed by atoms with Crippen molar-refractivity contribution in [1.29, 1.82) is 0 Å². The van der Waals surface area contributed by atoms with Gasteiger partial charge < -0.3 is 5.11 Å². The Morgan fingerprint density at radius 1 is 1.25 bits per heavy atom. The van der Waals surface area contributed by atoms with Gasteiger partial charge in [0, 0.05) is 5.56 Å². The molecule has 16 heavy (non-hydrogen) atoms. The number of benzene rings is 1. The first-order chi connectivity index (χ1) is 7.54. The maximum atomic E-state index is 9.62. The van der Waals surface area contributed by atoms with Crippen LogP contribution in [0.25, 0.3) is 11.4 Å². The molecule has 0 amide bonds. The summed E-state index contributed by atoms with van der Waals surface area (Å²) in [6.45, 7) is 3.74. The number of hydrogen-bond acceptors (Lipinski definition) is 4. The van der Waals surface area contributed by atoms with E-state index in [4.69, 9.17) is 0 Å². The van der Waals surface area contributed by atoms with Gasteiger partial charge in [-0.25, -0.2) is 0 Å². The van der Waals surface area contributed by atoms with Crippen molar-refractivity contribution in [2.75, 3.05) is 0 Å². The monoisotopic (exact) mass is 218 g/mol. The summed E-state index contributed by atoms with van der Waals surface area (Å²) in [6, 6.07) is 9.62. The molecule has 1 aromatic heterocycles. The van der Waals surface area contributed by atoms with Crippen molar-refractivity contribution in [2.45, 2.75) is 26.0 Å². The van der Waals surface area contributed by atoms with Gasteiger partial charge in [-0.2, -0.15) is 4.80 Å². The van der Waals surface area contributed by atoms with E-state index in [1.54, 1.807) is 13.8 Å². The molecule has 0 spiro atoms. The van der Waals surface area contributed by atoms with E-state index in [9.17, 15) is 5.11 Å². The van der Waals surface area contributed by atoms with E-state index in [1.807, 2.05) is 30.3 Å². The first kappa shape index (κ1) is 10.8. The molecule has 1 N–H and O–H groups in total. The molecule has 1 heterocycles. The van der Waals surface area contributed by atoms with Gasteiger partial charge in [0.15, 0.2) is 0 Å². The number of tetrazole rings is 1. The van der Waals surface area contributed by atoms with Gasteiger partial charge in [-0.3, -0.25) is 0 Å². The van der Waals surface area contributed by atoms with Crippen LogP contribution < -0.4 is 0 Å². The van der Waals surface area contributed by atoms with Crippen LogP contribution in [-0.2, 0) is 6.54 Å². The van der Waals surface area contributed by atoms with Crippen molar-refractivity contribution < 1.29 is 5.11 Å². The summed E-state index contributed by atoms with van der Waals surface area (Å²) < 4.78 is 0. The van der Waals surface area contributed by atoms with Crippen LogP contribution in [0.5, 0.6) is 0 Å². The molecular formula is C11H14N4O. The molecule has 1 aromatic carbocycles. The van der Waals surface area contributed by atoms with Crippen LogP contribution in [0.3, 0.4) is 0 Å². The molecule has 0 bridgehead atoms. The van der Waals surface area contributed by atoms with E-state index < -0.39 is 5.60 Å². The zero-order valence-corrected chi connectivity index (χ0v) is 9.33. The third-order valence-electron chi connectivity index (χ3n) is 2.01. The summed E-state index contributed by atoms with van der Waals surface area (Å²) in [5.41, 5.74) is 0.0822. The lowest BCUT2D eigenvalue weighted by molar-refractivity contribution is 0.0526. The van der Waals surface area contributed by atoms with E-state index in [2.05, 4.69) is 15.4 Å². The zero-order chi connectivity index (χ0) is 11.6. The van der Waals surface area contributed by atoms with Crippen LogP contribution in [0.4, 0.5) is 0 Å². The fourth-order valence-corrected chi connectivity index (χ4v) is 1.36. The summed E-state index contributed by atoms with van der Waals surface area (Å²) in [5.74, 6) is 0.574. The molecule has 84 valence electrons. The lowest BCUT2D eigenvalue weighted by Gasteiger charge is -2.14. The Kier molecular flexibility index (Phi) is 2.70. The molecule has 2 aromatic rings.